The van der Waals surface area contributed by atoms with Gasteiger partial charge in [0.1, 0.15) is 10.7 Å². The topological polar surface area (TPSA) is 89.7 Å². The molecule has 1 aliphatic heterocycles. The Labute approximate surface area is 128 Å². The van der Waals surface area contributed by atoms with Gasteiger partial charge in [0.25, 0.3) is 15.9 Å². The van der Waals surface area contributed by atoms with E-state index in [1.807, 2.05) is 0 Å². The zero-order chi connectivity index (χ0) is 16.0. The second-order valence-electron chi connectivity index (χ2n) is 5.23. The molecule has 0 radical (unpaired) electrons. The van der Waals surface area contributed by atoms with Crippen molar-refractivity contribution >= 4 is 33.1 Å². The molecule has 0 bridgehead atoms. The van der Waals surface area contributed by atoms with E-state index in [0.29, 0.717) is 16.9 Å². The van der Waals surface area contributed by atoms with E-state index in [-0.39, 0.29) is 11.5 Å². The van der Waals surface area contributed by atoms with Crippen LogP contribution >= 0.6 is 12.2 Å². The molecule has 1 heterocycles. The van der Waals surface area contributed by atoms with Gasteiger partial charge in [-0.3, -0.25) is 4.79 Å². The van der Waals surface area contributed by atoms with Gasteiger partial charge in [0, 0.05) is 0 Å². The Morgan fingerprint density at radius 1 is 1.43 bits per heavy atom. The molecule has 1 aliphatic rings. The van der Waals surface area contributed by atoms with Crippen LogP contribution in [0.4, 0.5) is 0 Å². The van der Waals surface area contributed by atoms with Crippen molar-refractivity contribution in [3.63, 3.8) is 0 Å². The van der Waals surface area contributed by atoms with E-state index in [0.717, 1.165) is 4.31 Å². The summed E-state index contributed by atoms with van der Waals surface area (Å²) in [5.41, 5.74) is 6.74. The minimum absolute atomic E-state index is 0.0375. The van der Waals surface area contributed by atoms with Gasteiger partial charge in [-0.25, -0.2) is 12.7 Å². The average molecular weight is 328 g/mol. The molecule has 114 valence electrons. The minimum Gasteiger partial charge on any atom is -0.496 e. The molecule has 8 heteroatoms. The highest BCUT2D eigenvalue weighted by Crippen LogP contribution is 2.36. The number of methoxy groups -OCH3 is 1. The number of hydrogen-bond acceptors (Lipinski definition) is 5. The standard InChI is InChI=1S/C13H16N2O4S2/c1-13(2)12(16)15(21(13,17)18)7-8-4-5-10(19-3)9(6-8)11(14)20/h4-6H,7H2,1-3H3,(H2,14,20). The molecule has 6 nitrogen and oxygen atoms in total. The summed E-state index contributed by atoms with van der Waals surface area (Å²) in [6.45, 7) is 2.76. The summed E-state index contributed by atoms with van der Waals surface area (Å²) in [7, 11) is -2.12. The molecule has 1 aromatic carbocycles. The van der Waals surface area contributed by atoms with Gasteiger partial charge in [0.2, 0.25) is 0 Å². The van der Waals surface area contributed by atoms with Crippen LogP contribution in [0.15, 0.2) is 18.2 Å². The van der Waals surface area contributed by atoms with Crippen LogP contribution in [0.25, 0.3) is 0 Å². The SMILES string of the molecule is COc1ccc(CN2C(=O)C(C)(C)S2(=O)=O)cc1C(N)=S. The third-order valence-corrected chi connectivity index (χ3v) is 6.09. The van der Waals surface area contributed by atoms with Gasteiger partial charge in [0.15, 0.2) is 4.75 Å². The van der Waals surface area contributed by atoms with E-state index in [1.165, 1.54) is 21.0 Å². The number of ether oxygens (including phenoxy) is 1. The lowest BCUT2D eigenvalue weighted by Gasteiger charge is -2.43. The van der Waals surface area contributed by atoms with Crippen molar-refractivity contribution in [2.45, 2.75) is 25.1 Å². The summed E-state index contributed by atoms with van der Waals surface area (Å²) in [6.07, 6.45) is 0. The average Bonchev–Trinajstić information content (AvgIpc) is 2.43. The number of thiocarbonyl (C=S) groups is 1. The van der Waals surface area contributed by atoms with Crippen molar-refractivity contribution in [2.75, 3.05) is 7.11 Å². The number of sulfonamides is 1. The fourth-order valence-corrected chi connectivity index (χ4v) is 3.80. The molecule has 1 aromatic rings. The fraction of sp³-hybridized carbons (Fsp3) is 0.385. The van der Waals surface area contributed by atoms with E-state index < -0.39 is 20.7 Å². The number of nitrogens with two attached hydrogens (primary N) is 1. The Balaban J connectivity index is 2.32. The van der Waals surface area contributed by atoms with Gasteiger partial charge in [0.05, 0.1) is 19.2 Å². The highest BCUT2D eigenvalue weighted by Gasteiger charge is 2.59. The quantitative estimate of drug-likeness (QED) is 0.822. The molecule has 1 saturated heterocycles. The van der Waals surface area contributed by atoms with Crippen molar-refractivity contribution in [1.82, 2.24) is 4.31 Å². The fourth-order valence-electron chi connectivity index (χ4n) is 2.12. The molecule has 0 unspecified atom stereocenters. The zero-order valence-electron chi connectivity index (χ0n) is 11.9. The second-order valence-corrected chi connectivity index (χ2v) is 8.08. The van der Waals surface area contributed by atoms with Crippen molar-refractivity contribution in [1.29, 1.82) is 0 Å². The predicted octanol–water partition coefficient (Wildman–Crippen LogP) is 0.780. The molecule has 0 saturated carbocycles. The van der Waals surface area contributed by atoms with Crippen LogP contribution in [0.3, 0.4) is 0 Å². The maximum atomic E-state index is 12.1. The van der Waals surface area contributed by atoms with Crippen LogP contribution < -0.4 is 10.5 Å². The lowest BCUT2D eigenvalue weighted by atomic mass is 10.1. The van der Waals surface area contributed by atoms with Gasteiger partial charge < -0.3 is 10.5 Å². The second kappa shape index (κ2) is 4.96. The number of carbonyl (C=O) groups excluding carboxylic acids is 1. The van der Waals surface area contributed by atoms with E-state index in [1.54, 1.807) is 18.2 Å². The number of carbonyl (C=O) groups is 1. The third kappa shape index (κ3) is 2.28. The first kappa shape index (κ1) is 15.7. The van der Waals surface area contributed by atoms with Gasteiger partial charge in [-0.05, 0) is 31.5 Å². The Morgan fingerprint density at radius 2 is 2.05 bits per heavy atom. The van der Waals surface area contributed by atoms with Crippen LogP contribution in [0, 0.1) is 0 Å². The third-order valence-electron chi connectivity index (χ3n) is 3.53. The van der Waals surface area contributed by atoms with Crippen molar-refractivity contribution < 1.29 is 17.9 Å². The number of hydrogen-bond donors (Lipinski definition) is 1. The molecule has 1 amide bonds. The highest BCUT2D eigenvalue weighted by atomic mass is 32.2. The summed E-state index contributed by atoms with van der Waals surface area (Å²) >= 11 is 4.94. The monoisotopic (exact) mass is 328 g/mol. The number of benzene rings is 1. The molecule has 1 fully saturated rings. The van der Waals surface area contributed by atoms with Crippen LogP contribution in [-0.2, 0) is 21.4 Å². The van der Waals surface area contributed by atoms with E-state index in [4.69, 9.17) is 22.7 Å². The van der Waals surface area contributed by atoms with Gasteiger partial charge in [-0.2, -0.15) is 0 Å². The van der Waals surface area contributed by atoms with Crippen molar-refractivity contribution in [2.24, 2.45) is 5.73 Å². The molecular formula is C13H16N2O4S2. The summed E-state index contributed by atoms with van der Waals surface area (Å²) in [5.74, 6) is 0.0829. The Morgan fingerprint density at radius 3 is 2.52 bits per heavy atom. The van der Waals surface area contributed by atoms with Crippen molar-refractivity contribution in [3.05, 3.63) is 29.3 Å². The Bertz CT molecular complexity index is 726. The number of nitrogens with zero attached hydrogens (tertiary/aromatic N) is 1. The van der Waals surface area contributed by atoms with Gasteiger partial charge >= 0.3 is 0 Å². The van der Waals surface area contributed by atoms with E-state index in [2.05, 4.69) is 0 Å². The minimum atomic E-state index is -3.61. The number of rotatable bonds is 4. The molecule has 2 N–H and O–H groups in total. The van der Waals surface area contributed by atoms with Crippen molar-refractivity contribution in [3.8, 4) is 5.75 Å². The molecule has 0 atom stereocenters. The van der Waals surface area contributed by atoms with Crippen LogP contribution in [0.2, 0.25) is 0 Å². The van der Waals surface area contributed by atoms with Gasteiger partial charge in [-0.1, -0.05) is 18.3 Å². The van der Waals surface area contributed by atoms with Crippen LogP contribution in [-0.4, -0.2) is 35.5 Å². The maximum absolute atomic E-state index is 12.1. The lowest BCUT2D eigenvalue weighted by Crippen LogP contribution is -2.66. The maximum Gasteiger partial charge on any atom is 0.259 e. The first-order valence-corrected chi connectivity index (χ1v) is 8.01. The zero-order valence-corrected chi connectivity index (χ0v) is 13.5. The molecule has 0 spiro atoms. The Hall–Kier alpha value is -1.67. The normalized spacial score (nSPS) is 19.0. The highest BCUT2D eigenvalue weighted by molar-refractivity contribution is 7.94. The predicted molar refractivity (Wildman–Crippen MR) is 82.4 cm³/mol. The summed E-state index contributed by atoms with van der Waals surface area (Å²) in [5, 5.41) is 0. The molecule has 0 aliphatic carbocycles. The summed E-state index contributed by atoms with van der Waals surface area (Å²) in [4.78, 5) is 12.1. The molecular weight excluding hydrogens is 312 g/mol. The van der Waals surface area contributed by atoms with Crippen LogP contribution in [0.5, 0.6) is 5.75 Å². The largest absolute Gasteiger partial charge is 0.496 e. The van der Waals surface area contributed by atoms with Crippen LogP contribution in [0.1, 0.15) is 25.0 Å². The molecule has 2 rings (SSSR count). The first-order valence-electron chi connectivity index (χ1n) is 6.16. The van der Waals surface area contributed by atoms with E-state index >= 15 is 0 Å². The lowest BCUT2D eigenvalue weighted by molar-refractivity contribution is -0.132. The molecule has 0 aromatic heterocycles. The summed E-state index contributed by atoms with van der Waals surface area (Å²) in [6, 6.07) is 4.95. The smallest absolute Gasteiger partial charge is 0.259 e. The summed E-state index contributed by atoms with van der Waals surface area (Å²) < 4.78 is 28.8. The first-order chi connectivity index (χ1) is 9.62. The Kier molecular flexibility index (Phi) is 3.71. The number of amides is 1. The van der Waals surface area contributed by atoms with Gasteiger partial charge in [-0.15, -0.1) is 0 Å². The molecule has 21 heavy (non-hydrogen) atoms. The van der Waals surface area contributed by atoms with E-state index in [9.17, 15) is 13.2 Å².